The van der Waals surface area contributed by atoms with Crippen LogP contribution in [0.5, 0.6) is 0 Å². The molecule has 1 rings (SSSR count). The van der Waals surface area contributed by atoms with E-state index >= 15 is 0 Å². The summed E-state index contributed by atoms with van der Waals surface area (Å²) in [4.78, 5) is 1.27. The molecule has 0 aliphatic heterocycles. The molecule has 1 atom stereocenters. The Balaban J connectivity index is 2.74. The lowest BCUT2D eigenvalue weighted by atomic mass is 10.3. The molecule has 1 heterocycles. The van der Waals surface area contributed by atoms with E-state index in [1.807, 2.05) is 0 Å². The van der Waals surface area contributed by atoms with E-state index in [0.717, 1.165) is 0 Å². The molecule has 0 saturated heterocycles. The number of rotatable bonds is 2. The van der Waals surface area contributed by atoms with Gasteiger partial charge in [-0.3, -0.25) is 0 Å². The summed E-state index contributed by atoms with van der Waals surface area (Å²) < 4.78 is 0. The van der Waals surface area contributed by atoms with Crippen molar-refractivity contribution in [2.24, 2.45) is 12.8 Å². The fourth-order valence-electron chi connectivity index (χ4n) is 0.538. The van der Waals surface area contributed by atoms with Gasteiger partial charge in [-0.15, -0.1) is 10.2 Å². The van der Waals surface area contributed by atoms with Crippen LogP contribution in [0.4, 0.5) is 0 Å². The first kappa shape index (κ1) is 7.10. The number of aliphatic hydroxyl groups is 1. The van der Waals surface area contributed by atoms with Crippen LogP contribution in [0.25, 0.3) is 0 Å². The zero-order chi connectivity index (χ0) is 7.56. The first-order valence-electron chi connectivity index (χ1n) is 2.86. The second kappa shape index (κ2) is 2.72. The minimum absolute atomic E-state index is 0.117. The Bertz CT molecular complexity index is 209. The summed E-state index contributed by atoms with van der Waals surface area (Å²) in [5, 5.41) is 19.9. The minimum Gasteiger partial charge on any atom is -0.384 e. The van der Waals surface area contributed by atoms with E-state index in [1.54, 1.807) is 7.05 Å². The Morgan fingerprint density at radius 3 is 2.90 bits per heavy atom. The van der Waals surface area contributed by atoms with Gasteiger partial charge in [-0.25, -0.2) is 0 Å². The van der Waals surface area contributed by atoms with Crippen molar-refractivity contribution in [1.82, 2.24) is 20.2 Å². The van der Waals surface area contributed by atoms with E-state index in [-0.39, 0.29) is 12.4 Å². The van der Waals surface area contributed by atoms with Crippen molar-refractivity contribution in [3.8, 4) is 0 Å². The Hall–Kier alpha value is -1.01. The van der Waals surface area contributed by atoms with Crippen LogP contribution in [0.3, 0.4) is 0 Å². The van der Waals surface area contributed by atoms with Crippen LogP contribution < -0.4 is 5.73 Å². The minimum atomic E-state index is -0.798. The molecular formula is C4H9N5O. The van der Waals surface area contributed by atoms with E-state index < -0.39 is 6.10 Å². The number of tetrazole rings is 1. The van der Waals surface area contributed by atoms with Crippen molar-refractivity contribution >= 4 is 0 Å². The van der Waals surface area contributed by atoms with E-state index in [1.165, 1.54) is 4.80 Å². The predicted octanol–water partition coefficient (Wildman–Crippen LogP) is -1.80. The number of nitrogens with zero attached hydrogens (tertiary/aromatic N) is 4. The Kier molecular flexibility index (Phi) is 1.93. The van der Waals surface area contributed by atoms with Crippen molar-refractivity contribution in [2.45, 2.75) is 6.10 Å². The maximum Gasteiger partial charge on any atom is 0.204 e. The normalized spacial score (nSPS) is 13.5. The van der Waals surface area contributed by atoms with Crippen molar-refractivity contribution < 1.29 is 5.11 Å². The third-order valence-corrected chi connectivity index (χ3v) is 1.05. The number of aromatic nitrogens is 4. The number of hydrogen-bond donors (Lipinski definition) is 2. The van der Waals surface area contributed by atoms with Crippen molar-refractivity contribution in [2.75, 3.05) is 6.54 Å². The molecule has 1 aromatic rings. The van der Waals surface area contributed by atoms with Gasteiger partial charge in [-0.05, 0) is 5.21 Å². The molecular weight excluding hydrogens is 134 g/mol. The number of aliphatic hydroxyl groups excluding tert-OH is 1. The first-order chi connectivity index (χ1) is 4.74. The SMILES string of the molecule is Cn1nnc(C(O)CN)n1. The molecule has 0 bridgehead atoms. The maximum absolute atomic E-state index is 9.04. The van der Waals surface area contributed by atoms with Crippen LogP contribution in [0.1, 0.15) is 11.9 Å². The molecule has 1 aromatic heterocycles. The zero-order valence-electron chi connectivity index (χ0n) is 5.60. The third-order valence-electron chi connectivity index (χ3n) is 1.05. The van der Waals surface area contributed by atoms with E-state index in [0.29, 0.717) is 0 Å². The van der Waals surface area contributed by atoms with E-state index in [9.17, 15) is 0 Å². The average molecular weight is 143 g/mol. The van der Waals surface area contributed by atoms with E-state index in [2.05, 4.69) is 15.4 Å². The molecule has 0 fully saturated rings. The molecule has 3 N–H and O–H groups in total. The standard InChI is InChI=1S/C4H9N5O/c1-9-7-4(6-8-9)3(10)2-5/h3,10H,2,5H2,1H3. The first-order valence-corrected chi connectivity index (χ1v) is 2.86. The summed E-state index contributed by atoms with van der Waals surface area (Å²) in [6.45, 7) is 0.117. The molecule has 0 saturated carbocycles. The highest BCUT2D eigenvalue weighted by molar-refractivity contribution is 4.83. The van der Waals surface area contributed by atoms with Gasteiger partial charge in [-0.2, -0.15) is 4.80 Å². The summed E-state index contributed by atoms with van der Waals surface area (Å²) in [5.74, 6) is 0.269. The predicted molar refractivity (Wildman–Crippen MR) is 32.8 cm³/mol. The van der Waals surface area contributed by atoms with Crippen LogP contribution >= 0.6 is 0 Å². The molecule has 1 unspecified atom stereocenters. The lowest BCUT2D eigenvalue weighted by Gasteiger charge is -1.97. The topological polar surface area (TPSA) is 89.8 Å². The monoisotopic (exact) mass is 143 g/mol. The highest BCUT2D eigenvalue weighted by atomic mass is 16.3. The van der Waals surface area contributed by atoms with Gasteiger partial charge >= 0.3 is 0 Å². The lowest BCUT2D eigenvalue weighted by molar-refractivity contribution is 0.176. The molecule has 0 aromatic carbocycles. The van der Waals surface area contributed by atoms with Gasteiger partial charge in [-0.1, -0.05) is 0 Å². The van der Waals surface area contributed by atoms with Crippen LogP contribution in [-0.2, 0) is 7.05 Å². The van der Waals surface area contributed by atoms with Crippen LogP contribution in [0, 0.1) is 0 Å². The summed E-state index contributed by atoms with van der Waals surface area (Å²) >= 11 is 0. The fraction of sp³-hybridized carbons (Fsp3) is 0.750. The highest BCUT2D eigenvalue weighted by Crippen LogP contribution is 2.00. The fourth-order valence-corrected chi connectivity index (χ4v) is 0.538. The lowest BCUT2D eigenvalue weighted by Crippen LogP contribution is -2.13. The van der Waals surface area contributed by atoms with E-state index in [4.69, 9.17) is 10.8 Å². The van der Waals surface area contributed by atoms with Gasteiger partial charge in [0, 0.05) is 6.54 Å². The number of aryl methyl sites for hydroxylation is 1. The molecule has 6 nitrogen and oxygen atoms in total. The highest BCUT2D eigenvalue weighted by Gasteiger charge is 2.09. The summed E-state index contributed by atoms with van der Waals surface area (Å²) in [5.41, 5.74) is 5.15. The third kappa shape index (κ3) is 1.28. The van der Waals surface area contributed by atoms with Crippen LogP contribution in [-0.4, -0.2) is 31.9 Å². The molecule has 0 spiro atoms. The van der Waals surface area contributed by atoms with Gasteiger partial charge in [0.1, 0.15) is 6.10 Å². The molecule has 56 valence electrons. The molecule has 0 amide bonds. The Labute approximate surface area is 57.6 Å². The summed E-state index contributed by atoms with van der Waals surface area (Å²) in [6.07, 6.45) is -0.798. The van der Waals surface area contributed by atoms with Gasteiger partial charge in [0.25, 0.3) is 0 Å². The van der Waals surface area contributed by atoms with Crippen LogP contribution in [0.2, 0.25) is 0 Å². The Morgan fingerprint density at radius 2 is 2.50 bits per heavy atom. The molecule has 0 aliphatic carbocycles. The second-order valence-corrected chi connectivity index (χ2v) is 1.89. The maximum atomic E-state index is 9.04. The zero-order valence-corrected chi connectivity index (χ0v) is 5.60. The van der Waals surface area contributed by atoms with Crippen LogP contribution in [0.15, 0.2) is 0 Å². The van der Waals surface area contributed by atoms with Crippen molar-refractivity contribution in [3.05, 3.63) is 5.82 Å². The quantitative estimate of drug-likeness (QED) is 0.510. The number of nitrogens with two attached hydrogens (primary N) is 1. The van der Waals surface area contributed by atoms with Gasteiger partial charge in [0.15, 0.2) is 0 Å². The van der Waals surface area contributed by atoms with Gasteiger partial charge < -0.3 is 10.8 Å². The molecule has 10 heavy (non-hydrogen) atoms. The largest absolute Gasteiger partial charge is 0.384 e. The smallest absolute Gasteiger partial charge is 0.204 e. The Morgan fingerprint density at radius 1 is 1.80 bits per heavy atom. The summed E-state index contributed by atoms with van der Waals surface area (Å²) in [6, 6.07) is 0. The summed E-state index contributed by atoms with van der Waals surface area (Å²) in [7, 11) is 1.62. The second-order valence-electron chi connectivity index (χ2n) is 1.89. The number of hydrogen-bond acceptors (Lipinski definition) is 5. The molecule has 6 heteroatoms. The van der Waals surface area contributed by atoms with Crippen molar-refractivity contribution in [1.29, 1.82) is 0 Å². The molecule has 0 aliphatic rings. The molecule has 0 radical (unpaired) electrons. The van der Waals surface area contributed by atoms with Crippen molar-refractivity contribution in [3.63, 3.8) is 0 Å². The average Bonchev–Trinajstić information content (AvgIpc) is 2.34. The van der Waals surface area contributed by atoms with Gasteiger partial charge in [0.2, 0.25) is 5.82 Å². The van der Waals surface area contributed by atoms with Gasteiger partial charge in [0.05, 0.1) is 7.05 Å².